The lowest BCUT2D eigenvalue weighted by Crippen LogP contribution is -2.04. The highest BCUT2D eigenvalue weighted by atomic mass is 14.1. The van der Waals surface area contributed by atoms with Gasteiger partial charge in [0.2, 0.25) is 0 Å². The van der Waals surface area contributed by atoms with Crippen LogP contribution < -0.4 is 0 Å². The minimum atomic E-state index is 0.306. The van der Waals surface area contributed by atoms with Crippen LogP contribution in [-0.4, -0.2) is 0 Å². The van der Waals surface area contributed by atoms with Crippen molar-refractivity contribution >= 4 is 0 Å². The highest BCUT2D eigenvalue weighted by Gasteiger charge is 2.08. The summed E-state index contributed by atoms with van der Waals surface area (Å²) in [5.41, 5.74) is 4.37. The van der Waals surface area contributed by atoms with Gasteiger partial charge in [0.25, 0.3) is 0 Å². The van der Waals surface area contributed by atoms with E-state index in [0.29, 0.717) is 5.41 Å². The quantitative estimate of drug-likeness (QED) is 0.519. The topological polar surface area (TPSA) is 0 Å². The number of hydrogen-bond acceptors (Lipinski definition) is 0. The molecule has 0 nitrogen and oxygen atoms in total. The van der Waals surface area contributed by atoms with Gasteiger partial charge in [-0.3, -0.25) is 0 Å². The van der Waals surface area contributed by atoms with Gasteiger partial charge in [0, 0.05) is 0 Å². The van der Waals surface area contributed by atoms with Crippen LogP contribution in [0.3, 0.4) is 0 Å². The predicted octanol–water partition coefficient (Wildman–Crippen LogP) is 7.11. The molecule has 0 heterocycles. The molecule has 0 saturated heterocycles. The van der Waals surface area contributed by atoms with Crippen LogP contribution in [0, 0.1) is 5.41 Å². The first-order chi connectivity index (χ1) is 10.8. The summed E-state index contributed by atoms with van der Waals surface area (Å²) >= 11 is 0. The van der Waals surface area contributed by atoms with Crippen LogP contribution in [0.1, 0.15) is 52.7 Å². The molecule has 0 heteroatoms. The lowest BCUT2D eigenvalue weighted by atomic mass is 9.89. The fourth-order valence-electron chi connectivity index (χ4n) is 1.43. The Balaban J connectivity index is 0.000000317. The zero-order valence-electron chi connectivity index (χ0n) is 15.9. The van der Waals surface area contributed by atoms with Crippen molar-refractivity contribution in [1.82, 2.24) is 0 Å². The number of benzene rings is 2. The normalized spacial score (nSPS) is 9.83. The molecule has 0 saturated carbocycles. The summed E-state index contributed by atoms with van der Waals surface area (Å²) in [6.45, 7) is 16.7. The van der Waals surface area contributed by atoms with Gasteiger partial charge in [-0.05, 0) is 36.3 Å². The van der Waals surface area contributed by atoms with Crippen molar-refractivity contribution in [2.24, 2.45) is 5.41 Å². The molecule has 0 atom stereocenters. The first-order valence-electron chi connectivity index (χ1n) is 8.55. The fourth-order valence-corrected chi connectivity index (χ4v) is 1.43. The van der Waals surface area contributed by atoms with Crippen LogP contribution >= 0.6 is 0 Å². The Morgan fingerprint density at radius 2 is 1.00 bits per heavy atom. The second-order valence-corrected chi connectivity index (χ2v) is 6.71. The Labute approximate surface area is 144 Å². The number of hydrogen-bond donors (Lipinski definition) is 0. The molecule has 0 radical (unpaired) electrons. The average molecular weight is 311 g/mol. The molecule has 2 aromatic carbocycles. The van der Waals surface area contributed by atoms with Crippen molar-refractivity contribution in [3.05, 3.63) is 83.9 Å². The van der Waals surface area contributed by atoms with Crippen LogP contribution in [0.2, 0.25) is 0 Å². The van der Waals surface area contributed by atoms with E-state index in [9.17, 15) is 0 Å². The van der Waals surface area contributed by atoms with Gasteiger partial charge in [-0.2, -0.15) is 0 Å². The highest BCUT2D eigenvalue weighted by Crippen LogP contribution is 2.21. The molecule has 0 fully saturated rings. The van der Waals surface area contributed by atoms with Gasteiger partial charge in [-0.25, -0.2) is 0 Å². The van der Waals surface area contributed by atoms with E-state index in [0.717, 1.165) is 12.8 Å². The fraction of sp³-hybridized carbons (Fsp3) is 0.391. The minimum absolute atomic E-state index is 0.306. The summed E-state index contributed by atoms with van der Waals surface area (Å²) in [6.07, 6.45) is 2.28. The van der Waals surface area contributed by atoms with E-state index < -0.39 is 0 Å². The second-order valence-electron chi connectivity index (χ2n) is 6.71. The van der Waals surface area contributed by atoms with Crippen LogP contribution in [-0.2, 0) is 12.8 Å². The van der Waals surface area contributed by atoms with Crippen LogP contribution in [0.15, 0.2) is 72.8 Å². The Kier molecular flexibility index (Phi) is 10.8. The van der Waals surface area contributed by atoms with E-state index in [1.54, 1.807) is 0 Å². The first-order valence-corrected chi connectivity index (χ1v) is 8.55. The molecule has 23 heavy (non-hydrogen) atoms. The van der Waals surface area contributed by atoms with Gasteiger partial charge in [0.15, 0.2) is 0 Å². The summed E-state index contributed by atoms with van der Waals surface area (Å²) in [6, 6.07) is 20.9. The molecule has 0 spiro atoms. The maximum Gasteiger partial charge on any atom is -0.0178 e. The van der Waals surface area contributed by atoms with Gasteiger partial charge in [-0.15, -0.1) is 0 Å². The molecule has 2 rings (SSSR count). The van der Waals surface area contributed by atoms with E-state index in [1.165, 1.54) is 16.7 Å². The standard InChI is InChI=1S/2C8H10.C7H14/c2*1-2-8-6-4-3-5-7-8;1-6(2)7(3,4)5/h2*3-7H,2H2,1H3;1H2,2-5H3. The number of rotatable bonds is 2. The molecular formula is C23H34. The van der Waals surface area contributed by atoms with Gasteiger partial charge < -0.3 is 0 Å². The highest BCUT2D eigenvalue weighted by molar-refractivity contribution is 5.14. The third kappa shape index (κ3) is 11.4. The van der Waals surface area contributed by atoms with Crippen LogP contribution in [0.5, 0.6) is 0 Å². The summed E-state index contributed by atoms with van der Waals surface area (Å²) in [4.78, 5) is 0. The Hall–Kier alpha value is -1.82. The van der Waals surface area contributed by atoms with E-state index in [2.05, 4.69) is 96.7 Å². The van der Waals surface area contributed by atoms with Crippen molar-refractivity contribution in [3.8, 4) is 0 Å². The van der Waals surface area contributed by atoms with E-state index in [1.807, 2.05) is 12.1 Å². The van der Waals surface area contributed by atoms with Crippen molar-refractivity contribution in [1.29, 1.82) is 0 Å². The van der Waals surface area contributed by atoms with E-state index in [-0.39, 0.29) is 0 Å². The Morgan fingerprint density at radius 3 is 1.13 bits per heavy atom. The maximum atomic E-state index is 3.83. The maximum absolute atomic E-state index is 3.83. The molecule has 0 aliphatic carbocycles. The first kappa shape index (κ1) is 21.2. The molecule has 0 amide bonds. The average Bonchev–Trinajstić information content (AvgIpc) is 2.56. The Morgan fingerprint density at radius 1 is 0.739 bits per heavy atom. The lowest BCUT2D eigenvalue weighted by Gasteiger charge is -2.16. The molecule has 0 aromatic heterocycles. The van der Waals surface area contributed by atoms with Gasteiger partial charge in [0.05, 0.1) is 0 Å². The van der Waals surface area contributed by atoms with Crippen LogP contribution in [0.4, 0.5) is 0 Å². The van der Waals surface area contributed by atoms with Crippen molar-refractivity contribution in [3.63, 3.8) is 0 Å². The molecule has 0 bridgehead atoms. The third-order valence-electron chi connectivity index (χ3n) is 3.78. The minimum Gasteiger partial charge on any atom is -0.0996 e. The number of allylic oxidation sites excluding steroid dienone is 1. The largest absolute Gasteiger partial charge is 0.0996 e. The third-order valence-corrected chi connectivity index (χ3v) is 3.78. The smallest absolute Gasteiger partial charge is 0.0178 e. The lowest BCUT2D eigenvalue weighted by molar-refractivity contribution is 0.506. The molecule has 0 aliphatic rings. The van der Waals surface area contributed by atoms with Gasteiger partial charge >= 0.3 is 0 Å². The molecule has 0 unspecified atom stereocenters. The number of aryl methyl sites for hydroxylation is 2. The molecule has 0 aliphatic heterocycles. The zero-order valence-corrected chi connectivity index (χ0v) is 15.9. The Bertz CT molecular complexity index is 475. The monoisotopic (exact) mass is 310 g/mol. The molecule has 0 N–H and O–H groups in total. The SMILES string of the molecule is C=C(C)C(C)(C)C.CCc1ccccc1.CCc1ccccc1. The second kappa shape index (κ2) is 11.7. The van der Waals surface area contributed by atoms with Crippen molar-refractivity contribution in [2.45, 2.75) is 54.4 Å². The predicted molar refractivity (Wildman–Crippen MR) is 106 cm³/mol. The molecular weight excluding hydrogens is 276 g/mol. The zero-order chi connectivity index (χ0) is 17.7. The summed E-state index contributed by atoms with van der Waals surface area (Å²) in [5, 5.41) is 0. The van der Waals surface area contributed by atoms with E-state index in [4.69, 9.17) is 0 Å². The van der Waals surface area contributed by atoms with Crippen LogP contribution in [0.25, 0.3) is 0 Å². The summed E-state index contributed by atoms with van der Waals surface area (Å²) in [5.74, 6) is 0. The van der Waals surface area contributed by atoms with Crippen molar-refractivity contribution < 1.29 is 0 Å². The summed E-state index contributed by atoms with van der Waals surface area (Å²) in [7, 11) is 0. The summed E-state index contributed by atoms with van der Waals surface area (Å²) < 4.78 is 0. The van der Waals surface area contributed by atoms with Gasteiger partial charge in [0.1, 0.15) is 0 Å². The van der Waals surface area contributed by atoms with Gasteiger partial charge in [-0.1, -0.05) is 107 Å². The van der Waals surface area contributed by atoms with Crippen molar-refractivity contribution in [2.75, 3.05) is 0 Å². The molecule has 126 valence electrons. The van der Waals surface area contributed by atoms with E-state index >= 15 is 0 Å². The molecule has 2 aromatic rings.